The van der Waals surface area contributed by atoms with E-state index in [1.54, 1.807) is 0 Å². The maximum Gasteiger partial charge on any atom is 0.306 e. The third-order valence-electron chi connectivity index (χ3n) is 3.12. The van der Waals surface area contributed by atoms with Crippen LogP contribution < -0.4 is 10.4 Å². The SMILES string of the molecule is O=c1[nH]c2nc([C@@H]3O[C@H](CO)[C@@H](O)[C@H]3O)[nH]c(=O)c2s1. The van der Waals surface area contributed by atoms with E-state index < -0.39 is 41.5 Å². The first-order valence-electron chi connectivity index (χ1n) is 5.76. The Kier molecular flexibility index (Phi) is 3.18. The topological polar surface area (TPSA) is 149 Å². The lowest BCUT2D eigenvalue weighted by Crippen LogP contribution is -2.32. The van der Waals surface area contributed by atoms with E-state index in [0.29, 0.717) is 0 Å². The predicted molar refractivity (Wildman–Crippen MR) is 67.6 cm³/mol. The molecule has 5 N–H and O–H groups in total. The maximum absolute atomic E-state index is 11.8. The second-order valence-corrected chi connectivity index (χ2v) is 5.39. The minimum Gasteiger partial charge on any atom is -0.394 e. The number of aromatic nitrogens is 3. The van der Waals surface area contributed by atoms with Crippen molar-refractivity contribution in [2.45, 2.75) is 24.4 Å². The Balaban J connectivity index is 2.07. The van der Waals surface area contributed by atoms with E-state index in [9.17, 15) is 19.8 Å². The summed E-state index contributed by atoms with van der Waals surface area (Å²) in [7, 11) is 0. The molecule has 3 rings (SSSR count). The Bertz CT molecular complexity index is 751. The lowest BCUT2D eigenvalue weighted by atomic mass is 10.1. The number of H-pyrrole nitrogens is 2. The van der Waals surface area contributed by atoms with Crippen molar-refractivity contribution < 1.29 is 20.1 Å². The highest BCUT2D eigenvalue weighted by molar-refractivity contribution is 7.16. The van der Waals surface area contributed by atoms with Crippen LogP contribution in [0.4, 0.5) is 0 Å². The molecule has 108 valence electrons. The molecule has 0 spiro atoms. The lowest BCUT2D eigenvalue weighted by molar-refractivity contribution is -0.0252. The van der Waals surface area contributed by atoms with E-state index in [1.165, 1.54) is 0 Å². The van der Waals surface area contributed by atoms with Crippen LogP contribution in [0.25, 0.3) is 10.3 Å². The fraction of sp³-hybridized carbons (Fsp3) is 0.500. The van der Waals surface area contributed by atoms with Crippen molar-refractivity contribution in [2.24, 2.45) is 0 Å². The van der Waals surface area contributed by atoms with Crippen LogP contribution in [0.2, 0.25) is 0 Å². The summed E-state index contributed by atoms with van der Waals surface area (Å²) in [6, 6.07) is 0. The highest BCUT2D eigenvalue weighted by atomic mass is 32.1. The van der Waals surface area contributed by atoms with E-state index in [0.717, 1.165) is 11.3 Å². The standard InChI is InChI=1S/C10H11N3O6S/c14-1-2-3(15)4(16)5(19-2)7-11-8-6(9(17)12-7)20-10(18)13-8/h2-5,14-16H,1H2,(H2,11,12,13,17,18)/t2-,3-,4-,5-/m1/s1. The van der Waals surface area contributed by atoms with Crippen molar-refractivity contribution in [3.63, 3.8) is 0 Å². The quantitative estimate of drug-likeness (QED) is 0.423. The second kappa shape index (κ2) is 4.75. The number of nitrogens with zero attached hydrogens (tertiary/aromatic N) is 1. The molecular weight excluding hydrogens is 290 g/mol. The number of ether oxygens (including phenoxy) is 1. The smallest absolute Gasteiger partial charge is 0.306 e. The average Bonchev–Trinajstić information content (AvgIpc) is 2.91. The van der Waals surface area contributed by atoms with Crippen molar-refractivity contribution in [3.8, 4) is 0 Å². The van der Waals surface area contributed by atoms with Crippen LogP contribution in [0.15, 0.2) is 9.59 Å². The Labute approximate surface area is 114 Å². The molecule has 1 saturated heterocycles. The first-order chi connectivity index (χ1) is 9.51. The largest absolute Gasteiger partial charge is 0.394 e. The Hall–Kier alpha value is -1.59. The molecule has 20 heavy (non-hydrogen) atoms. The number of aromatic amines is 2. The van der Waals surface area contributed by atoms with Crippen LogP contribution in [-0.2, 0) is 4.74 Å². The van der Waals surface area contributed by atoms with Gasteiger partial charge in [0.25, 0.3) is 5.56 Å². The molecule has 0 aliphatic carbocycles. The molecule has 9 nitrogen and oxygen atoms in total. The predicted octanol–water partition coefficient (Wildman–Crippen LogP) is -2.17. The van der Waals surface area contributed by atoms with E-state index in [-0.39, 0.29) is 16.2 Å². The zero-order chi connectivity index (χ0) is 14.4. The van der Waals surface area contributed by atoms with Crippen molar-refractivity contribution in [3.05, 3.63) is 25.8 Å². The Morgan fingerprint density at radius 1 is 1.25 bits per heavy atom. The first-order valence-corrected chi connectivity index (χ1v) is 6.58. The van der Waals surface area contributed by atoms with Gasteiger partial charge in [0.2, 0.25) is 0 Å². The van der Waals surface area contributed by atoms with E-state index in [4.69, 9.17) is 9.84 Å². The molecule has 0 bridgehead atoms. The number of thiazole rings is 1. The normalized spacial score (nSPS) is 30.1. The second-order valence-electron chi connectivity index (χ2n) is 4.40. The van der Waals surface area contributed by atoms with Crippen LogP contribution in [0.3, 0.4) is 0 Å². The van der Waals surface area contributed by atoms with Crippen molar-refractivity contribution in [1.29, 1.82) is 0 Å². The molecule has 4 atom stereocenters. The molecule has 1 aliphatic heterocycles. The highest BCUT2D eigenvalue weighted by Gasteiger charge is 2.44. The minimum absolute atomic E-state index is 0.0148. The fourth-order valence-electron chi connectivity index (χ4n) is 2.13. The molecule has 1 fully saturated rings. The zero-order valence-corrected chi connectivity index (χ0v) is 10.8. The average molecular weight is 301 g/mol. The summed E-state index contributed by atoms with van der Waals surface area (Å²) in [5, 5.41) is 28.5. The number of hydrogen-bond donors (Lipinski definition) is 5. The van der Waals surface area contributed by atoms with Gasteiger partial charge in [-0.15, -0.1) is 0 Å². The van der Waals surface area contributed by atoms with Gasteiger partial charge in [-0.1, -0.05) is 11.3 Å². The summed E-state index contributed by atoms with van der Waals surface area (Å²) in [4.78, 5) is 31.4. The molecule has 3 heterocycles. The van der Waals surface area contributed by atoms with Crippen LogP contribution in [-0.4, -0.2) is 55.2 Å². The van der Waals surface area contributed by atoms with Crippen LogP contribution >= 0.6 is 11.3 Å². The van der Waals surface area contributed by atoms with Gasteiger partial charge in [0.1, 0.15) is 34.9 Å². The summed E-state index contributed by atoms with van der Waals surface area (Å²) in [5.74, 6) is -0.0148. The van der Waals surface area contributed by atoms with Crippen molar-refractivity contribution in [1.82, 2.24) is 15.0 Å². The number of fused-ring (bicyclic) bond motifs is 1. The molecule has 0 saturated carbocycles. The summed E-state index contributed by atoms with van der Waals surface area (Å²) >= 11 is 0.726. The van der Waals surface area contributed by atoms with Gasteiger partial charge in [-0.05, 0) is 0 Å². The van der Waals surface area contributed by atoms with Gasteiger partial charge in [0.15, 0.2) is 5.65 Å². The summed E-state index contributed by atoms with van der Waals surface area (Å²) in [5.41, 5.74) is -0.442. The third kappa shape index (κ3) is 1.98. The molecule has 2 aromatic heterocycles. The highest BCUT2D eigenvalue weighted by Crippen LogP contribution is 2.31. The van der Waals surface area contributed by atoms with Crippen LogP contribution in [0, 0.1) is 0 Å². The van der Waals surface area contributed by atoms with Gasteiger partial charge >= 0.3 is 4.87 Å². The molecule has 0 aromatic carbocycles. The van der Waals surface area contributed by atoms with E-state index >= 15 is 0 Å². The Morgan fingerprint density at radius 2 is 2.00 bits per heavy atom. The third-order valence-corrected chi connectivity index (χ3v) is 3.99. The zero-order valence-electron chi connectivity index (χ0n) is 9.94. The molecule has 0 unspecified atom stereocenters. The van der Waals surface area contributed by atoms with Crippen molar-refractivity contribution in [2.75, 3.05) is 6.61 Å². The fourth-order valence-corrected chi connectivity index (χ4v) is 2.80. The van der Waals surface area contributed by atoms with Gasteiger partial charge in [-0.25, -0.2) is 4.98 Å². The number of aliphatic hydroxyl groups is 3. The number of hydrogen-bond acceptors (Lipinski definition) is 8. The Morgan fingerprint density at radius 3 is 2.65 bits per heavy atom. The molecule has 0 radical (unpaired) electrons. The van der Waals surface area contributed by atoms with Crippen LogP contribution in [0.1, 0.15) is 11.9 Å². The molecule has 10 heteroatoms. The van der Waals surface area contributed by atoms with E-state index in [1.807, 2.05) is 0 Å². The molecule has 1 aliphatic rings. The summed E-state index contributed by atoms with van der Waals surface area (Å²) in [6.07, 6.45) is -4.66. The van der Waals surface area contributed by atoms with Gasteiger partial charge < -0.3 is 25.0 Å². The number of aliphatic hydroxyl groups excluding tert-OH is 3. The molecule has 0 amide bonds. The summed E-state index contributed by atoms with van der Waals surface area (Å²) < 4.78 is 5.40. The molecule has 2 aromatic rings. The first kappa shape index (κ1) is 13.4. The monoisotopic (exact) mass is 301 g/mol. The molecular formula is C10H11N3O6S. The van der Waals surface area contributed by atoms with Crippen molar-refractivity contribution >= 4 is 21.7 Å². The van der Waals surface area contributed by atoms with Gasteiger partial charge in [0.05, 0.1) is 6.61 Å². The van der Waals surface area contributed by atoms with Gasteiger partial charge in [-0.2, -0.15) is 0 Å². The van der Waals surface area contributed by atoms with E-state index in [2.05, 4.69) is 15.0 Å². The maximum atomic E-state index is 11.8. The lowest BCUT2D eigenvalue weighted by Gasteiger charge is -2.13. The summed E-state index contributed by atoms with van der Waals surface area (Å²) in [6.45, 7) is -0.476. The van der Waals surface area contributed by atoms with Crippen LogP contribution in [0.5, 0.6) is 0 Å². The number of rotatable bonds is 2. The minimum atomic E-state index is -1.34. The van der Waals surface area contributed by atoms with Gasteiger partial charge in [0, 0.05) is 0 Å². The van der Waals surface area contributed by atoms with Gasteiger partial charge in [-0.3, -0.25) is 14.6 Å². The number of nitrogens with one attached hydrogen (secondary N) is 2.